The number of aryl methyl sites for hydroxylation is 2. The van der Waals surface area contributed by atoms with Gasteiger partial charge >= 0.3 is 0 Å². The zero-order chi connectivity index (χ0) is 20.5. The number of H-pyrrole nitrogens is 1. The predicted molar refractivity (Wildman–Crippen MR) is 123 cm³/mol. The Morgan fingerprint density at radius 3 is 3.07 bits per heavy atom. The lowest BCUT2D eigenvalue weighted by Gasteiger charge is -2.08. The Morgan fingerprint density at radius 2 is 2.13 bits per heavy atom. The second-order valence-corrected chi connectivity index (χ2v) is 9.47. The number of rotatable bonds is 6. The largest absolute Gasteiger partial charge is 0.324 e. The minimum absolute atomic E-state index is 0.0313. The van der Waals surface area contributed by atoms with Crippen LogP contribution in [-0.2, 0) is 23.4 Å². The number of fused-ring (bicyclic) bond motifs is 4. The molecule has 8 heteroatoms. The summed E-state index contributed by atoms with van der Waals surface area (Å²) in [6.45, 7) is 0. The summed E-state index contributed by atoms with van der Waals surface area (Å²) in [4.78, 5) is 39.0. The third-order valence-corrected chi connectivity index (χ3v) is 7.40. The van der Waals surface area contributed by atoms with Gasteiger partial charge < -0.3 is 10.3 Å². The molecule has 0 spiro atoms. The van der Waals surface area contributed by atoms with Crippen LogP contribution in [-0.4, -0.2) is 26.6 Å². The van der Waals surface area contributed by atoms with Crippen molar-refractivity contribution in [2.75, 3.05) is 11.1 Å². The van der Waals surface area contributed by atoms with E-state index in [0.29, 0.717) is 23.8 Å². The number of nitrogens with zero attached hydrogens (tertiary/aromatic N) is 2. The van der Waals surface area contributed by atoms with E-state index in [1.807, 2.05) is 30.3 Å². The monoisotopic (exact) mass is 436 g/mol. The lowest BCUT2D eigenvalue weighted by molar-refractivity contribution is -0.115. The maximum Gasteiger partial charge on any atom is 0.259 e. The standard InChI is InChI=1S/C22H20N4O2S2/c27-18(24-15-7-1-4-13-5-3-10-23-20(13)15)9-11-29-12-17-25-21(28)19-14-6-2-8-16(14)30-22(19)26-17/h1,3-5,7,10H,2,6,8-9,11-12H2,(H,24,27)(H,25,26,28). The number of aromatic amines is 1. The van der Waals surface area contributed by atoms with Crippen LogP contribution in [0.15, 0.2) is 41.3 Å². The molecular weight excluding hydrogens is 416 g/mol. The number of amides is 1. The van der Waals surface area contributed by atoms with E-state index in [1.165, 1.54) is 10.4 Å². The third-order valence-electron chi connectivity index (χ3n) is 5.24. The van der Waals surface area contributed by atoms with Gasteiger partial charge in [0.25, 0.3) is 5.56 Å². The molecule has 3 aromatic heterocycles. The molecule has 0 saturated heterocycles. The molecule has 2 N–H and O–H groups in total. The van der Waals surface area contributed by atoms with Gasteiger partial charge in [-0.2, -0.15) is 11.8 Å². The van der Waals surface area contributed by atoms with Gasteiger partial charge in [-0.15, -0.1) is 11.3 Å². The van der Waals surface area contributed by atoms with Gasteiger partial charge in [0.05, 0.1) is 22.3 Å². The maximum absolute atomic E-state index is 12.5. The first kappa shape index (κ1) is 19.3. The number of pyridine rings is 1. The molecule has 0 fully saturated rings. The van der Waals surface area contributed by atoms with Crippen LogP contribution in [0.3, 0.4) is 0 Å². The molecule has 0 unspecified atom stereocenters. The Morgan fingerprint density at radius 1 is 1.23 bits per heavy atom. The molecule has 4 aromatic rings. The predicted octanol–water partition coefficient (Wildman–Crippen LogP) is 4.28. The summed E-state index contributed by atoms with van der Waals surface area (Å²) in [5.41, 5.74) is 2.68. The van der Waals surface area contributed by atoms with Crippen molar-refractivity contribution in [3.05, 3.63) is 63.1 Å². The summed E-state index contributed by atoms with van der Waals surface area (Å²) in [6, 6.07) is 9.60. The molecule has 6 nitrogen and oxygen atoms in total. The highest BCUT2D eigenvalue weighted by Gasteiger charge is 2.21. The number of carbonyl (C=O) groups is 1. The molecule has 1 aromatic carbocycles. The fourth-order valence-corrected chi connectivity index (χ4v) is 5.95. The number of thioether (sulfide) groups is 1. The average molecular weight is 437 g/mol. The van der Waals surface area contributed by atoms with E-state index in [4.69, 9.17) is 0 Å². The number of anilines is 1. The lowest BCUT2D eigenvalue weighted by Crippen LogP contribution is -2.13. The minimum Gasteiger partial charge on any atom is -0.324 e. The van der Waals surface area contributed by atoms with Gasteiger partial charge in [-0.3, -0.25) is 14.6 Å². The quantitative estimate of drug-likeness (QED) is 0.441. The van der Waals surface area contributed by atoms with Crippen LogP contribution in [0.25, 0.3) is 21.1 Å². The number of carbonyl (C=O) groups excluding carboxylic acids is 1. The molecule has 1 amide bonds. The third kappa shape index (κ3) is 3.73. The van der Waals surface area contributed by atoms with Gasteiger partial charge in [-0.1, -0.05) is 18.2 Å². The first-order chi connectivity index (χ1) is 14.7. The van der Waals surface area contributed by atoms with Crippen molar-refractivity contribution < 1.29 is 4.79 Å². The first-order valence-corrected chi connectivity index (χ1v) is 11.9. The molecule has 30 heavy (non-hydrogen) atoms. The van der Waals surface area contributed by atoms with Crippen LogP contribution in [0.4, 0.5) is 5.69 Å². The Hall–Kier alpha value is -2.71. The summed E-state index contributed by atoms with van der Waals surface area (Å²) in [7, 11) is 0. The Balaban J connectivity index is 1.18. The molecule has 3 heterocycles. The number of benzene rings is 1. The molecule has 5 rings (SSSR count). The summed E-state index contributed by atoms with van der Waals surface area (Å²) in [5.74, 6) is 1.85. The van der Waals surface area contributed by atoms with Crippen LogP contribution < -0.4 is 10.9 Å². The topological polar surface area (TPSA) is 87.7 Å². The highest BCUT2D eigenvalue weighted by atomic mass is 32.2. The Bertz CT molecular complexity index is 1310. The van der Waals surface area contributed by atoms with Crippen molar-refractivity contribution in [3.8, 4) is 0 Å². The fraction of sp³-hybridized carbons (Fsp3) is 0.273. The zero-order valence-corrected chi connectivity index (χ0v) is 17.9. The number of hydrogen-bond donors (Lipinski definition) is 2. The number of para-hydroxylation sites is 1. The van der Waals surface area contributed by atoms with E-state index in [0.717, 1.165) is 46.1 Å². The van der Waals surface area contributed by atoms with Gasteiger partial charge in [0, 0.05) is 28.6 Å². The maximum atomic E-state index is 12.5. The van der Waals surface area contributed by atoms with Gasteiger partial charge in [0.2, 0.25) is 5.91 Å². The highest BCUT2D eigenvalue weighted by molar-refractivity contribution is 7.98. The van der Waals surface area contributed by atoms with Gasteiger partial charge in [-0.25, -0.2) is 4.98 Å². The van der Waals surface area contributed by atoms with Crippen molar-refractivity contribution in [1.29, 1.82) is 0 Å². The molecule has 0 atom stereocenters. The SMILES string of the molecule is O=C(CCSCc1nc2sc3c(c2c(=O)[nH]1)CCC3)Nc1cccc2cccnc12. The van der Waals surface area contributed by atoms with E-state index < -0.39 is 0 Å². The van der Waals surface area contributed by atoms with E-state index >= 15 is 0 Å². The number of hydrogen-bond acceptors (Lipinski definition) is 6. The van der Waals surface area contributed by atoms with Crippen LogP contribution in [0, 0.1) is 0 Å². The fourth-order valence-electron chi connectivity index (χ4n) is 3.87. The van der Waals surface area contributed by atoms with Crippen molar-refractivity contribution in [2.45, 2.75) is 31.4 Å². The number of thiophene rings is 1. The summed E-state index contributed by atoms with van der Waals surface area (Å²) in [5, 5.41) is 4.73. The minimum atomic E-state index is -0.0489. The normalized spacial score (nSPS) is 13.1. The van der Waals surface area contributed by atoms with E-state index in [1.54, 1.807) is 29.3 Å². The van der Waals surface area contributed by atoms with Crippen molar-refractivity contribution in [1.82, 2.24) is 15.0 Å². The van der Waals surface area contributed by atoms with Crippen molar-refractivity contribution in [3.63, 3.8) is 0 Å². The van der Waals surface area contributed by atoms with Gasteiger partial charge in [0.15, 0.2) is 0 Å². The summed E-state index contributed by atoms with van der Waals surface area (Å²) < 4.78 is 0. The van der Waals surface area contributed by atoms with Crippen molar-refractivity contribution >= 4 is 55.8 Å². The van der Waals surface area contributed by atoms with Crippen LogP contribution in [0.2, 0.25) is 0 Å². The van der Waals surface area contributed by atoms with Crippen LogP contribution >= 0.6 is 23.1 Å². The summed E-state index contributed by atoms with van der Waals surface area (Å²) >= 11 is 3.24. The molecule has 1 aliphatic carbocycles. The Kier molecular flexibility index (Phi) is 5.26. The van der Waals surface area contributed by atoms with E-state index in [-0.39, 0.29) is 11.5 Å². The molecule has 152 valence electrons. The second kappa shape index (κ2) is 8.20. The van der Waals surface area contributed by atoms with Gasteiger partial charge in [0.1, 0.15) is 10.7 Å². The van der Waals surface area contributed by atoms with Gasteiger partial charge in [-0.05, 0) is 37.0 Å². The molecule has 0 radical (unpaired) electrons. The average Bonchev–Trinajstić information content (AvgIpc) is 3.32. The second-order valence-electron chi connectivity index (χ2n) is 7.28. The molecular formula is C22H20N4O2S2. The van der Waals surface area contributed by atoms with Crippen molar-refractivity contribution in [2.24, 2.45) is 0 Å². The first-order valence-electron chi connectivity index (χ1n) is 9.94. The lowest BCUT2D eigenvalue weighted by atomic mass is 10.2. The molecule has 0 saturated carbocycles. The summed E-state index contributed by atoms with van der Waals surface area (Å²) in [6.07, 6.45) is 5.27. The number of nitrogens with one attached hydrogen (secondary N) is 2. The Labute approximate surface area is 181 Å². The zero-order valence-electron chi connectivity index (χ0n) is 16.2. The highest BCUT2D eigenvalue weighted by Crippen LogP contribution is 2.34. The molecule has 1 aliphatic rings. The van der Waals surface area contributed by atoms with Crippen LogP contribution in [0.1, 0.15) is 29.1 Å². The van der Waals surface area contributed by atoms with E-state index in [9.17, 15) is 9.59 Å². The van der Waals surface area contributed by atoms with E-state index in [2.05, 4.69) is 20.3 Å². The number of aromatic nitrogens is 3. The molecule has 0 bridgehead atoms. The molecule has 0 aliphatic heterocycles. The van der Waals surface area contributed by atoms with Crippen LogP contribution in [0.5, 0.6) is 0 Å². The smallest absolute Gasteiger partial charge is 0.259 e.